The van der Waals surface area contributed by atoms with Gasteiger partial charge in [-0.1, -0.05) is 0 Å². The second-order valence-electron chi connectivity index (χ2n) is 3.01. The molecule has 0 unspecified atom stereocenters. The van der Waals surface area contributed by atoms with Gasteiger partial charge in [-0.15, -0.1) is 11.3 Å². The quantitative estimate of drug-likeness (QED) is 0.673. The number of aryl methyl sites for hydroxylation is 2. The first kappa shape index (κ1) is 9.27. The molecule has 0 aliphatic carbocycles. The van der Waals surface area contributed by atoms with Crippen molar-refractivity contribution < 1.29 is 4.39 Å². The fraction of sp³-hybridized carbons (Fsp3) is 0.200. The third kappa shape index (κ3) is 1.65. The van der Waals surface area contributed by atoms with Crippen molar-refractivity contribution in [1.82, 2.24) is 9.97 Å². The van der Waals surface area contributed by atoms with Crippen LogP contribution in [0.4, 0.5) is 4.39 Å². The Labute approximate surface area is 85.5 Å². The van der Waals surface area contributed by atoms with Crippen molar-refractivity contribution in [2.75, 3.05) is 0 Å². The minimum absolute atomic E-state index is 0.460. The van der Waals surface area contributed by atoms with Crippen molar-refractivity contribution >= 4 is 11.3 Å². The molecule has 2 rings (SSSR count). The van der Waals surface area contributed by atoms with Gasteiger partial charge in [-0.2, -0.15) is 4.39 Å². The van der Waals surface area contributed by atoms with E-state index in [1.807, 2.05) is 13.8 Å². The SMILES string of the molecule is Cc1nc(-c2ccc(F)nc2)c(C)s1. The Morgan fingerprint density at radius 1 is 1.29 bits per heavy atom. The van der Waals surface area contributed by atoms with E-state index in [-0.39, 0.29) is 0 Å². The number of aromatic nitrogens is 2. The average Bonchev–Trinajstić information content (AvgIpc) is 2.47. The maximum atomic E-state index is 12.6. The van der Waals surface area contributed by atoms with E-state index in [0.717, 1.165) is 21.1 Å². The molecule has 0 aliphatic rings. The topological polar surface area (TPSA) is 25.8 Å². The normalized spacial score (nSPS) is 10.5. The molecule has 0 atom stereocenters. The molecule has 0 saturated heterocycles. The van der Waals surface area contributed by atoms with Crippen molar-refractivity contribution in [3.63, 3.8) is 0 Å². The minimum atomic E-state index is -0.460. The standard InChI is InChI=1S/C10H9FN2S/c1-6-10(13-7(2)14-6)8-3-4-9(11)12-5-8/h3-5H,1-2H3. The lowest BCUT2D eigenvalue weighted by molar-refractivity contribution is 0.584. The zero-order valence-corrected chi connectivity index (χ0v) is 8.73. The van der Waals surface area contributed by atoms with Crippen molar-refractivity contribution in [2.45, 2.75) is 13.8 Å². The molecule has 14 heavy (non-hydrogen) atoms. The number of pyridine rings is 1. The summed E-state index contributed by atoms with van der Waals surface area (Å²) in [6, 6.07) is 3.05. The van der Waals surface area contributed by atoms with Gasteiger partial charge < -0.3 is 0 Å². The summed E-state index contributed by atoms with van der Waals surface area (Å²) in [4.78, 5) is 9.11. The molecule has 0 radical (unpaired) electrons. The fourth-order valence-electron chi connectivity index (χ4n) is 1.31. The predicted octanol–water partition coefficient (Wildman–Crippen LogP) is 2.96. The smallest absolute Gasteiger partial charge is 0.212 e. The Hall–Kier alpha value is -1.29. The highest BCUT2D eigenvalue weighted by atomic mass is 32.1. The van der Waals surface area contributed by atoms with Crippen LogP contribution in [0.15, 0.2) is 18.3 Å². The van der Waals surface area contributed by atoms with E-state index in [9.17, 15) is 4.39 Å². The Kier molecular flexibility index (Phi) is 2.29. The van der Waals surface area contributed by atoms with Gasteiger partial charge in [-0.05, 0) is 26.0 Å². The van der Waals surface area contributed by atoms with E-state index in [1.165, 1.54) is 12.3 Å². The summed E-state index contributed by atoms with van der Waals surface area (Å²) >= 11 is 1.64. The van der Waals surface area contributed by atoms with Crippen molar-refractivity contribution in [3.05, 3.63) is 34.2 Å². The largest absolute Gasteiger partial charge is 0.241 e. The van der Waals surface area contributed by atoms with Crippen molar-refractivity contribution in [3.8, 4) is 11.3 Å². The lowest BCUT2D eigenvalue weighted by Gasteiger charge is -1.96. The van der Waals surface area contributed by atoms with E-state index in [2.05, 4.69) is 9.97 Å². The molecule has 2 aromatic rings. The van der Waals surface area contributed by atoms with Gasteiger partial charge in [0.15, 0.2) is 0 Å². The number of hydrogen-bond donors (Lipinski definition) is 0. The van der Waals surface area contributed by atoms with Crippen LogP contribution in [0.25, 0.3) is 11.3 Å². The second kappa shape index (κ2) is 3.46. The number of thiazole rings is 1. The maximum Gasteiger partial charge on any atom is 0.212 e. The summed E-state index contributed by atoms with van der Waals surface area (Å²) in [6.45, 7) is 3.96. The van der Waals surface area contributed by atoms with E-state index >= 15 is 0 Å². The van der Waals surface area contributed by atoms with Gasteiger partial charge in [0.1, 0.15) is 0 Å². The van der Waals surface area contributed by atoms with Crippen LogP contribution in [0, 0.1) is 19.8 Å². The van der Waals surface area contributed by atoms with Gasteiger partial charge in [0.25, 0.3) is 0 Å². The van der Waals surface area contributed by atoms with Crippen LogP contribution in [-0.4, -0.2) is 9.97 Å². The third-order valence-corrected chi connectivity index (χ3v) is 2.79. The first-order valence-electron chi connectivity index (χ1n) is 4.23. The minimum Gasteiger partial charge on any atom is -0.241 e. The second-order valence-corrected chi connectivity index (χ2v) is 4.41. The summed E-state index contributed by atoms with van der Waals surface area (Å²) in [5.74, 6) is -0.460. The number of halogens is 1. The number of hydrogen-bond acceptors (Lipinski definition) is 3. The molecule has 0 N–H and O–H groups in total. The van der Waals surface area contributed by atoms with Crippen LogP contribution in [-0.2, 0) is 0 Å². The summed E-state index contributed by atoms with van der Waals surface area (Å²) < 4.78 is 12.6. The summed E-state index contributed by atoms with van der Waals surface area (Å²) in [5, 5.41) is 1.02. The Morgan fingerprint density at radius 3 is 2.57 bits per heavy atom. The third-order valence-electron chi connectivity index (χ3n) is 1.90. The molecule has 0 fully saturated rings. The molecular formula is C10H9FN2S. The highest BCUT2D eigenvalue weighted by Crippen LogP contribution is 2.26. The first-order chi connectivity index (χ1) is 6.66. The molecule has 4 heteroatoms. The van der Waals surface area contributed by atoms with Gasteiger partial charge >= 0.3 is 0 Å². The molecule has 0 spiro atoms. The zero-order chi connectivity index (χ0) is 10.1. The number of rotatable bonds is 1. The average molecular weight is 208 g/mol. The van der Waals surface area contributed by atoms with Crippen LogP contribution in [0.3, 0.4) is 0 Å². The molecule has 2 heterocycles. The molecule has 0 bridgehead atoms. The molecular weight excluding hydrogens is 199 g/mol. The predicted molar refractivity (Wildman–Crippen MR) is 54.8 cm³/mol. The number of nitrogens with zero attached hydrogens (tertiary/aromatic N) is 2. The molecule has 72 valence electrons. The van der Waals surface area contributed by atoms with Crippen LogP contribution in [0.1, 0.15) is 9.88 Å². The van der Waals surface area contributed by atoms with Gasteiger partial charge in [-0.25, -0.2) is 9.97 Å². The van der Waals surface area contributed by atoms with Crippen molar-refractivity contribution in [1.29, 1.82) is 0 Å². The van der Waals surface area contributed by atoms with E-state index < -0.39 is 5.95 Å². The lowest BCUT2D eigenvalue weighted by Crippen LogP contribution is -1.85. The molecule has 0 aromatic carbocycles. The first-order valence-corrected chi connectivity index (χ1v) is 5.04. The fourth-order valence-corrected chi connectivity index (χ4v) is 2.15. The van der Waals surface area contributed by atoms with Crippen molar-refractivity contribution in [2.24, 2.45) is 0 Å². The maximum absolute atomic E-state index is 12.6. The van der Waals surface area contributed by atoms with Crippen LogP contribution >= 0.6 is 11.3 Å². The highest BCUT2D eigenvalue weighted by molar-refractivity contribution is 7.11. The Bertz CT molecular complexity index is 448. The van der Waals surface area contributed by atoms with Crippen LogP contribution < -0.4 is 0 Å². The van der Waals surface area contributed by atoms with Gasteiger partial charge in [0.2, 0.25) is 5.95 Å². The van der Waals surface area contributed by atoms with Gasteiger partial charge in [-0.3, -0.25) is 0 Å². The highest BCUT2D eigenvalue weighted by Gasteiger charge is 2.07. The Morgan fingerprint density at radius 2 is 2.07 bits per heavy atom. The molecule has 2 nitrogen and oxygen atoms in total. The summed E-state index contributed by atoms with van der Waals surface area (Å²) in [6.07, 6.45) is 1.51. The van der Waals surface area contributed by atoms with E-state index in [1.54, 1.807) is 17.4 Å². The van der Waals surface area contributed by atoms with Gasteiger partial charge in [0, 0.05) is 16.6 Å². The monoisotopic (exact) mass is 208 g/mol. The van der Waals surface area contributed by atoms with Gasteiger partial charge in [0.05, 0.1) is 10.7 Å². The zero-order valence-electron chi connectivity index (χ0n) is 7.91. The molecule has 0 saturated carbocycles. The van der Waals surface area contributed by atoms with E-state index in [0.29, 0.717) is 0 Å². The summed E-state index contributed by atoms with van der Waals surface area (Å²) in [5.41, 5.74) is 1.77. The van der Waals surface area contributed by atoms with Crippen LogP contribution in [0.2, 0.25) is 0 Å². The molecule has 0 aliphatic heterocycles. The molecule has 0 amide bonds. The van der Waals surface area contributed by atoms with E-state index in [4.69, 9.17) is 0 Å². The Balaban J connectivity index is 2.49. The molecule has 2 aromatic heterocycles. The summed E-state index contributed by atoms with van der Waals surface area (Å²) in [7, 11) is 0. The van der Waals surface area contributed by atoms with Crippen LogP contribution in [0.5, 0.6) is 0 Å². The lowest BCUT2D eigenvalue weighted by atomic mass is 10.2.